The number of para-hydroxylation sites is 1. The topological polar surface area (TPSA) is 76.9 Å². The summed E-state index contributed by atoms with van der Waals surface area (Å²) in [6.07, 6.45) is -2.69. The highest BCUT2D eigenvalue weighted by atomic mass is 32.1. The van der Waals surface area contributed by atoms with E-state index in [1.54, 1.807) is 18.7 Å². The molecule has 1 N–H and O–H groups in total. The molecule has 0 radical (unpaired) electrons. The second-order valence-corrected chi connectivity index (χ2v) is 11.0. The molecule has 0 spiro atoms. The first-order valence-electron chi connectivity index (χ1n) is 12.2. The van der Waals surface area contributed by atoms with E-state index in [0.717, 1.165) is 35.9 Å². The number of fused-ring (bicyclic) bond motifs is 1. The molecule has 1 aliphatic carbocycles. The van der Waals surface area contributed by atoms with Crippen molar-refractivity contribution in [2.75, 3.05) is 20.1 Å². The first kappa shape index (κ1) is 26.1. The Morgan fingerprint density at radius 2 is 1.79 bits per heavy atom. The summed E-state index contributed by atoms with van der Waals surface area (Å²) < 4.78 is 40.9. The zero-order valence-corrected chi connectivity index (χ0v) is 22.0. The zero-order valence-electron chi connectivity index (χ0n) is 21.2. The highest BCUT2D eigenvalue weighted by molar-refractivity contribution is 7.15. The van der Waals surface area contributed by atoms with E-state index in [-0.39, 0.29) is 34.6 Å². The van der Waals surface area contributed by atoms with E-state index in [0.29, 0.717) is 27.7 Å². The van der Waals surface area contributed by atoms with Crippen molar-refractivity contribution < 1.29 is 27.2 Å². The Morgan fingerprint density at radius 1 is 1.11 bits per heavy atom. The average molecular weight is 543 g/mol. The second-order valence-electron chi connectivity index (χ2n) is 9.76. The summed E-state index contributed by atoms with van der Waals surface area (Å²) in [5.41, 5.74) is 1.20. The largest absolute Gasteiger partial charge is 0.416 e. The minimum Gasteiger partial charge on any atom is -0.345 e. The smallest absolute Gasteiger partial charge is 0.345 e. The summed E-state index contributed by atoms with van der Waals surface area (Å²) in [7, 11) is 3.62. The van der Waals surface area contributed by atoms with E-state index >= 15 is 0 Å². The molecule has 2 heterocycles. The van der Waals surface area contributed by atoms with Gasteiger partial charge >= 0.3 is 12.1 Å². The monoisotopic (exact) mass is 542 g/mol. The van der Waals surface area contributed by atoms with E-state index in [9.17, 15) is 22.8 Å². The number of halogens is 3. The van der Waals surface area contributed by atoms with Gasteiger partial charge in [-0.25, -0.2) is 9.78 Å². The molecule has 5 rings (SSSR count). The van der Waals surface area contributed by atoms with Crippen LogP contribution in [0.15, 0.2) is 48.5 Å². The summed E-state index contributed by atoms with van der Waals surface area (Å²) in [5.74, 6) is -0.518. The molecular formula is C27H27F3N5O2S+. The molecule has 7 nitrogen and oxygen atoms in total. The Balaban J connectivity index is 1.36. The number of alkyl halides is 3. The fraction of sp³-hybridized carbons (Fsp3) is 0.333. The van der Waals surface area contributed by atoms with Gasteiger partial charge in [-0.15, -0.1) is 11.3 Å². The third-order valence-electron chi connectivity index (χ3n) is 7.06. The Bertz CT molecular complexity index is 1520. The standard InChI is InChI=1S/C27H26F3N5O2S/c1-16-32-23(24(38-16)17-8-10-18(11-9-17)27(28,29)30)26(37)35(3,19-12-13-19)15-14-31-25(36)22-20-6-4-5-7-21(20)34(2)33-22/h4-11,19H,12-15H2,1-3H3/p+1. The predicted octanol–water partition coefficient (Wildman–Crippen LogP) is 5.20. The lowest BCUT2D eigenvalue weighted by Gasteiger charge is -2.31. The molecule has 1 aliphatic rings. The van der Waals surface area contributed by atoms with Crippen LogP contribution < -0.4 is 5.32 Å². The van der Waals surface area contributed by atoms with Crippen LogP contribution in [-0.4, -0.2) is 57.2 Å². The maximum Gasteiger partial charge on any atom is 0.416 e. The summed E-state index contributed by atoms with van der Waals surface area (Å²) in [6.45, 7) is 2.37. The number of hydrogen-bond acceptors (Lipinski definition) is 5. The molecule has 2 amide bonds. The quantitative estimate of drug-likeness (QED) is 0.326. The first-order chi connectivity index (χ1) is 18.0. The van der Waals surface area contributed by atoms with E-state index in [1.165, 1.54) is 23.5 Å². The Kier molecular flexibility index (Phi) is 6.60. The number of nitrogens with one attached hydrogen (secondary N) is 1. The number of carbonyl (C=O) groups excluding carboxylic acids is 2. The molecule has 38 heavy (non-hydrogen) atoms. The van der Waals surface area contributed by atoms with Crippen LogP contribution >= 0.6 is 11.3 Å². The molecule has 198 valence electrons. The lowest BCUT2D eigenvalue weighted by atomic mass is 10.1. The number of likely N-dealkylation sites (N-methyl/N-ethyl adjacent to an activating group) is 1. The Morgan fingerprint density at radius 3 is 2.45 bits per heavy atom. The maximum atomic E-state index is 13.9. The third-order valence-corrected chi connectivity index (χ3v) is 8.08. The molecule has 2 aromatic carbocycles. The van der Waals surface area contributed by atoms with Gasteiger partial charge in [-0.1, -0.05) is 30.3 Å². The van der Waals surface area contributed by atoms with E-state index in [4.69, 9.17) is 0 Å². The van der Waals surface area contributed by atoms with Crippen molar-refractivity contribution in [2.24, 2.45) is 7.05 Å². The van der Waals surface area contributed by atoms with E-state index < -0.39 is 11.7 Å². The molecule has 4 aromatic rings. The van der Waals surface area contributed by atoms with Crippen molar-refractivity contribution in [3.63, 3.8) is 0 Å². The summed E-state index contributed by atoms with van der Waals surface area (Å²) in [5, 5.41) is 8.68. The van der Waals surface area contributed by atoms with Crippen LogP contribution in [0.2, 0.25) is 0 Å². The summed E-state index contributed by atoms with van der Waals surface area (Å²) in [6, 6.07) is 12.4. The normalized spacial score (nSPS) is 15.4. The lowest BCUT2D eigenvalue weighted by molar-refractivity contribution is -0.838. The third kappa shape index (κ3) is 4.83. The molecule has 1 saturated carbocycles. The minimum absolute atomic E-state index is 0.0556. The molecule has 0 aliphatic heterocycles. The van der Waals surface area contributed by atoms with Crippen LogP contribution in [0.3, 0.4) is 0 Å². The lowest BCUT2D eigenvalue weighted by Crippen LogP contribution is -2.54. The van der Waals surface area contributed by atoms with Crippen molar-refractivity contribution in [1.29, 1.82) is 0 Å². The van der Waals surface area contributed by atoms with Gasteiger partial charge in [0.2, 0.25) is 0 Å². The summed E-state index contributed by atoms with van der Waals surface area (Å²) in [4.78, 5) is 31.9. The van der Waals surface area contributed by atoms with E-state index in [1.807, 2.05) is 31.3 Å². The van der Waals surface area contributed by atoms with Gasteiger partial charge in [-0.05, 0) is 30.7 Å². The van der Waals surface area contributed by atoms with E-state index in [2.05, 4.69) is 15.4 Å². The first-order valence-corrected chi connectivity index (χ1v) is 13.1. The number of rotatable bonds is 7. The number of amides is 2. The zero-order chi connectivity index (χ0) is 27.2. The van der Waals surface area contributed by atoms with Crippen LogP contribution in [-0.2, 0) is 13.2 Å². The van der Waals surface area contributed by atoms with Crippen LogP contribution in [0, 0.1) is 6.92 Å². The number of benzene rings is 2. The molecule has 2 aromatic heterocycles. The average Bonchev–Trinajstić information content (AvgIpc) is 3.60. The molecule has 1 atom stereocenters. The second kappa shape index (κ2) is 9.63. The van der Waals surface area contributed by atoms with Crippen LogP contribution in [0.5, 0.6) is 0 Å². The molecule has 0 saturated heterocycles. The SMILES string of the molecule is Cc1nc(C(=O)[N+](C)(CCNC(=O)c2nn(C)c3ccccc23)C2CC2)c(-c2ccc(C(F)(F)F)cc2)s1. The molecule has 0 bridgehead atoms. The van der Waals surface area contributed by atoms with Crippen LogP contribution in [0.4, 0.5) is 13.2 Å². The molecule has 1 fully saturated rings. The van der Waals surface area contributed by atoms with Crippen LogP contribution in [0.1, 0.15) is 44.4 Å². The maximum absolute atomic E-state index is 13.9. The minimum atomic E-state index is -4.44. The predicted molar refractivity (Wildman–Crippen MR) is 139 cm³/mol. The fourth-order valence-corrected chi connectivity index (χ4v) is 5.70. The van der Waals surface area contributed by atoms with Crippen LogP contribution in [0.25, 0.3) is 21.3 Å². The Labute approximate surface area is 221 Å². The number of hydrogen-bond donors (Lipinski definition) is 1. The number of carbonyl (C=O) groups is 2. The van der Waals surface area contributed by atoms with Gasteiger partial charge in [0.05, 0.1) is 40.6 Å². The molecular weight excluding hydrogens is 515 g/mol. The van der Waals surface area contributed by atoms with Crippen molar-refractivity contribution in [1.82, 2.24) is 20.1 Å². The molecule has 1 unspecified atom stereocenters. The number of nitrogens with zero attached hydrogens (tertiary/aromatic N) is 4. The van der Waals surface area contributed by atoms with Gasteiger partial charge in [0.15, 0.2) is 11.4 Å². The fourth-order valence-electron chi connectivity index (χ4n) is 4.78. The van der Waals surface area contributed by atoms with Gasteiger partial charge in [-0.2, -0.15) is 18.3 Å². The van der Waals surface area contributed by atoms with Gasteiger partial charge in [0.1, 0.15) is 6.54 Å². The van der Waals surface area contributed by atoms with Gasteiger partial charge < -0.3 is 5.32 Å². The number of quaternary nitrogens is 1. The van der Waals surface area contributed by atoms with Crippen molar-refractivity contribution >= 4 is 34.1 Å². The highest BCUT2D eigenvalue weighted by Crippen LogP contribution is 2.38. The highest BCUT2D eigenvalue weighted by Gasteiger charge is 2.49. The molecule has 11 heteroatoms. The van der Waals surface area contributed by atoms with Crippen molar-refractivity contribution in [3.05, 3.63) is 70.5 Å². The number of thiazole rings is 1. The van der Waals surface area contributed by atoms with Gasteiger partial charge in [0, 0.05) is 25.3 Å². The Hall–Kier alpha value is -3.57. The van der Waals surface area contributed by atoms with Gasteiger partial charge in [0.25, 0.3) is 5.91 Å². The number of aryl methyl sites for hydroxylation is 2. The van der Waals surface area contributed by atoms with Crippen molar-refractivity contribution in [2.45, 2.75) is 32.0 Å². The summed E-state index contributed by atoms with van der Waals surface area (Å²) >= 11 is 1.28. The number of aromatic nitrogens is 3. The van der Waals surface area contributed by atoms with Gasteiger partial charge in [-0.3, -0.25) is 14.0 Å². The van der Waals surface area contributed by atoms with Crippen molar-refractivity contribution in [3.8, 4) is 10.4 Å².